The smallest absolute Gasteiger partial charge is 0.242 e. The molecule has 1 aromatic carbocycles. The van der Waals surface area contributed by atoms with Gasteiger partial charge in [0.05, 0.1) is 7.11 Å². The molecule has 182 valence electrons. The first-order valence-electron chi connectivity index (χ1n) is 12.1. The second-order valence-corrected chi connectivity index (χ2v) is 10.5. The van der Waals surface area contributed by atoms with Crippen molar-refractivity contribution in [1.29, 1.82) is 0 Å². The highest BCUT2D eigenvalue weighted by Crippen LogP contribution is 2.74. The van der Waals surface area contributed by atoms with Crippen molar-refractivity contribution in [2.24, 2.45) is 17.3 Å². The Morgan fingerprint density at radius 1 is 1.26 bits per heavy atom. The van der Waals surface area contributed by atoms with Gasteiger partial charge < -0.3 is 19.7 Å². The first-order valence-corrected chi connectivity index (χ1v) is 12.5. The molecule has 2 aromatic heterocycles. The van der Waals surface area contributed by atoms with Gasteiger partial charge in [-0.3, -0.25) is 0 Å². The summed E-state index contributed by atoms with van der Waals surface area (Å²) >= 11 is 6.12. The van der Waals surface area contributed by atoms with Crippen LogP contribution in [0.1, 0.15) is 30.3 Å². The molecule has 2 unspecified atom stereocenters. The molecular weight excluding hydrogens is 471 g/mol. The number of nitrogens with zero attached hydrogens (tertiary/aromatic N) is 5. The number of aromatic nitrogens is 4. The number of aryl methyl sites for hydroxylation is 1. The molecule has 35 heavy (non-hydrogen) atoms. The SMILES string of the molecule is COc1cc(N2C[C@H]3[C@H](Nc4nc5n(n4)CCCO[C@@H]5c4cc(F)cc(Cl)c4)C4CC43C2)ccn1. The molecule has 0 amide bonds. The maximum atomic E-state index is 14.0. The number of fused-ring (bicyclic) bond motifs is 1. The van der Waals surface area contributed by atoms with Gasteiger partial charge in [0.25, 0.3) is 0 Å². The van der Waals surface area contributed by atoms with Crippen LogP contribution in [0.2, 0.25) is 5.02 Å². The van der Waals surface area contributed by atoms with Gasteiger partial charge in [0.1, 0.15) is 11.9 Å². The van der Waals surface area contributed by atoms with Crippen molar-refractivity contribution >= 4 is 23.2 Å². The summed E-state index contributed by atoms with van der Waals surface area (Å²) in [7, 11) is 1.65. The van der Waals surface area contributed by atoms with Gasteiger partial charge in [-0.15, -0.1) is 5.10 Å². The third-order valence-electron chi connectivity index (χ3n) is 8.20. The summed E-state index contributed by atoms with van der Waals surface area (Å²) in [6.07, 6.45) is 3.35. The number of hydrogen-bond acceptors (Lipinski definition) is 7. The summed E-state index contributed by atoms with van der Waals surface area (Å²) in [5, 5.41) is 8.75. The van der Waals surface area contributed by atoms with Crippen LogP contribution in [0.3, 0.4) is 0 Å². The first kappa shape index (κ1) is 21.4. The quantitative estimate of drug-likeness (QED) is 0.573. The van der Waals surface area contributed by atoms with E-state index in [-0.39, 0.29) is 5.82 Å². The summed E-state index contributed by atoms with van der Waals surface area (Å²) in [6, 6.07) is 8.89. The zero-order valence-electron chi connectivity index (χ0n) is 19.3. The van der Waals surface area contributed by atoms with Crippen molar-refractivity contribution in [3.63, 3.8) is 0 Å². The number of ether oxygens (including phenoxy) is 2. The highest BCUT2D eigenvalue weighted by Gasteiger charge is 2.76. The number of anilines is 2. The van der Waals surface area contributed by atoms with Crippen molar-refractivity contribution in [3.8, 4) is 5.88 Å². The van der Waals surface area contributed by atoms with Crippen LogP contribution in [0.15, 0.2) is 36.5 Å². The van der Waals surface area contributed by atoms with Crippen LogP contribution in [0.5, 0.6) is 5.88 Å². The number of benzene rings is 1. The fourth-order valence-electron chi connectivity index (χ4n) is 6.52. The molecule has 1 spiro atoms. The predicted molar refractivity (Wildman–Crippen MR) is 128 cm³/mol. The van der Waals surface area contributed by atoms with Crippen LogP contribution >= 0.6 is 11.6 Å². The Morgan fingerprint density at radius 2 is 2.17 bits per heavy atom. The van der Waals surface area contributed by atoms with E-state index in [9.17, 15) is 4.39 Å². The van der Waals surface area contributed by atoms with E-state index in [0.717, 1.165) is 25.2 Å². The average molecular weight is 497 g/mol. The summed E-state index contributed by atoms with van der Waals surface area (Å²) in [5.74, 6) is 2.74. The molecule has 1 saturated heterocycles. The van der Waals surface area contributed by atoms with Gasteiger partial charge in [-0.1, -0.05) is 11.6 Å². The van der Waals surface area contributed by atoms with E-state index >= 15 is 0 Å². The third kappa shape index (κ3) is 3.39. The van der Waals surface area contributed by atoms with Gasteiger partial charge in [-0.05, 0) is 54.0 Å². The molecule has 4 heterocycles. The molecule has 10 heteroatoms. The third-order valence-corrected chi connectivity index (χ3v) is 8.41. The standard InChI is InChI=1S/C25H26ClFN6O2/c1-34-20-10-17(3-4-28-20)32-12-19-21(18-11-25(18,19)13-32)29-24-30-23-22(35-6-2-5-33(23)31-24)14-7-15(26)9-16(27)8-14/h3-4,7-10,18-19,21-22H,2,5-6,11-13H2,1H3,(H,29,31)/t18?,19-,21+,22+,25?/m0/s1. The van der Waals surface area contributed by atoms with E-state index in [1.54, 1.807) is 19.4 Å². The minimum absolute atomic E-state index is 0.342. The summed E-state index contributed by atoms with van der Waals surface area (Å²) in [5.41, 5.74) is 2.21. The Morgan fingerprint density at radius 3 is 3.03 bits per heavy atom. The minimum atomic E-state index is -0.501. The molecule has 2 saturated carbocycles. The maximum absolute atomic E-state index is 14.0. The normalized spacial score (nSPS) is 30.5. The number of hydrogen-bond donors (Lipinski definition) is 1. The highest BCUT2D eigenvalue weighted by molar-refractivity contribution is 6.30. The molecule has 0 radical (unpaired) electrons. The van der Waals surface area contributed by atoms with Crippen LogP contribution < -0.4 is 15.0 Å². The second kappa shape index (κ2) is 7.80. The lowest BCUT2D eigenvalue weighted by atomic mass is 9.71. The molecule has 0 bridgehead atoms. The first-order chi connectivity index (χ1) is 17.0. The van der Waals surface area contributed by atoms with Crippen molar-refractivity contribution < 1.29 is 13.9 Å². The van der Waals surface area contributed by atoms with Gasteiger partial charge in [0, 0.05) is 61.2 Å². The van der Waals surface area contributed by atoms with Gasteiger partial charge in [0.2, 0.25) is 11.8 Å². The molecular formula is C25H26ClFN6O2. The fraction of sp³-hybridized carbons (Fsp3) is 0.480. The lowest BCUT2D eigenvalue weighted by molar-refractivity contribution is 0.0810. The van der Waals surface area contributed by atoms with Crippen molar-refractivity contribution in [1.82, 2.24) is 19.7 Å². The van der Waals surface area contributed by atoms with Crippen LogP contribution in [0.25, 0.3) is 0 Å². The van der Waals surface area contributed by atoms with Gasteiger partial charge in [0.15, 0.2) is 5.82 Å². The molecule has 3 fully saturated rings. The second-order valence-electron chi connectivity index (χ2n) is 10.1. The van der Waals surface area contributed by atoms with Crippen molar-refractivity contribution in [2.45, 2.75) is 31.5 Å². The number of nitrogens with one attached hydrogen (secondary N) is 1. The zero-order valence-corrected chi connectivity index (χ0v) is 20.1. The lowest BCUT2D eigenvalue weighted by Gasteiger charge is -2.38. The molecule has 2 aliphatic heterocycles. The maximum Gasteiger partial charge on any atom is 0.242 e. The van der Waals surface area contributed by atoms with E-state index in [2.05, 4.69) is 21.3 Å². The van der Waals surface area contributed by atoms with Crippen LogP contribution in [0.4, 0.5) is 16.0 Å². The summed E-state index contributed by atoms with van der Waals surface area (Å²) in [6.45, 7) is 3.32. The zero-order chi connectivity index (χ0) is 23.7. The Labute approximate surface area is 207 Å². The number of halogens is 2. The van der Waals surface area contributed by atoms with Gasteiger partial charge in [-0.25, -0.2) is 14.1 Å². The molecule has 7 rings (SSSR count). The van der Waals surface area contributed by atoms with E-state index in [0.29, 0.717) is 64.7 Å². The average Bonchev–Trinajstić information content (AvgIpc) is 3.21. The van der Waals surface area contributed by atoms with Gasteiger partial charge >= 0.3 is 0 Å². The monoisotopic (exact) mass is 496 g/mol. The molecule has 8 nitrogen and oxygen atoms in total. The van der Waals surface area contributed by atoms with E-state index in [1.807, 2.05) is 10.7 Å². The molecule has 3 aromatic rings. The van der Waals surface area contributed by atoms with Crippen molar-refractivity contribution in [3.05, 3.63) is 58.8 Å². The van der Waals surface area contributed by atoms with E-state index in [1.165, 1.54) is 18.6 Å². The summed E-state index contributed by atoms with van der Waals surface area (Å²) < 4.78 is 27.3. The minimum Gasteiger partial charge on any atom is -0.481 e. The number of rotatable bonds is 5. The molecule has 2 aliphatic carbocycles. The lowest BCUT2D eigenvalue weighted by Crippen LogP contribution is -2.47. The van der Waals surface area contributed by atoms with Crippen molar-refractivity contribution in [2.75, 3.05) is 37.0 Å². The number of pyridine rings is 1. The van der Waals surface area contributed by atoms with Crippen LogP contribution in [0, 0.1) is 23.1 Å². The molecule has 5 atom stereocenters. The Balaban J connectivity index is 1.11. The summed E-state index contributed by atoms with van der Waals surface area (Å²) in [4.78, 5) is 11.5. The highest BCUT2D eigenvalue weighted by atomic mass is 35.5. The number of methoxy groups -OCH3 is 1. The van der Waals surface area contributed by atoms with Crippen LogP contribution in [-0.2, 0) is 11.3 Å². The Hall–Kier alpha value is -2.91. The van der Waals surface area contributed by atoms with E-state index < -0.39 is 6.10 Å². The van der Waals surface area contributed by atoms with Gasteiger partial charge in [-0.2, -0.15) is 4.98 Å². The largest absolute Gasteiger partial charge is 0.481 e. The van der Waals surface area contributed by atoms with Crippen LogP contribution in [-0.4, -0.2) is 52.6 Å². The Kier molecular flexibility index (Phi) is 4.76. The Bertz CT molecular complexity index is 1280. The predicted octanol–water partition coefficient (Wildman–Crippen LogP) is 3.92. The molecule has 1 N–H and O–H groups in total. The fourth-order valence-corrected chi connectivity index (χ4v) is 6.75. The topological polar surface area (TPSA) is 77.3 Å². The van der Waals surface area contributed by atoms with E-state index in [4.69, 9.17) is 31.2 Å². The molecule has 4 aliphatic rings.